The van der Waals surface area contributed by atoms with Gasteiger partial charge in [0.05, 0.1) is 5.57 Å². The van der Waals surface area contributed by atoms with E-state index in [0.717, 1.165) is 50.9 Å². The zero-order chi connectivity index (χ0) is 18.4. The molecule has 0 aliphatic carbocycles. The van der Waals surface area contributed by atoms with Crippen LogP contribution in [0.1, 0.15) is 44.6 Å². The summed E-state index contributed by atoms with van der Waals surface area (Å²) >= 11 is 0. The lowest BCUT2D eigenvalue weighted by atomic mass is 10.0. The highest BCUT2D eigenvalue weighted by Crippen LogP contribution is 2.33. The first-order chi connectivity index (χ1) is 12.7. The predicted octanol–water partition coefficient (Wildman–Crippen LogP) is 3.07. The Morgan fingerprint density at radius 1 is 0.962 bits per heavy atom. The molecule has 26 heavy (non-hydrogen) atoms. The number of rotatable bonds is 9. The van der Waals surface area contributed by atoms with Gasteiger partial charge >= 0.3 is 0 Å². The lowest BCUT2D eigenvalue weighted by molar-refractivity contribution is -0.137. The van der Waals surface area contributed by atoms with Crippen LogP contribution in [0.3, 0.4) is 0 Å². The minimum atomic E-state index is -0.170. The van der Waals surface area contributed by atoms with E-state index >= 15 is 0 Å². The lowest BCUT2D eigenvalue weighted by Gasteiger charge is -2.20. The number of benzene rings is 1. The molecule has 5 heteroatoms. The summed E-state index contributed by atoms with van der Waals surface area (Å²) in [6.45, 7) is 5.55. The van der Waals surface area contributed by atoms with E-state index in [4.69, 9.17) is 4.74 Å². The zero-order valence-electron chi connectivity index (χ0n) is 15.6. The highest BCUT2D eigenvalue weighted by molar-refractivity contribution is 6.35. The molecule has 0 aromatic heterocycles. The molecule has 1 fully saturated rings. The smallest absolute Gasteiger partial charge is 0.277 e. The molecule has 0 N–H and O–H groups in total. The van der Waals surface area contributed by atoms with Crippen LogP contribution in [0.15, 0.2) is 36.0 Å². The monoisotopic (exact) mass is 356 g/mol. The zero-order valence-corrected chi connectivity index (χ0v) is 15.6. The SMILES string of the molecule is CCCCOCCCN1C(=O)C(c2ccccc2)=C(N2CCCC2)C1=O. The third-order valence-electron chi connectivity index (χ3n) is 4.94. The molecule has 1 aromatic carbocycles. The number of carbonyl (C=O) groups is 2. The van der Waals surface area contributed by atoms with Crippen molar-refractivity contribution in [3.63, 3.8) is 0 Å². The van der Waals surface area contributed by atoms with Crippen LogP contribution in [-0.2, 0) is 14.3 Å². The molecule has 0 radical (unpaired) electrons. The van der Waals surface area contributed by atoms with Gasteiger partial charge in [-0.15, -0.1) is 0 Å². The Balaban J connectivity index is 1.73. The maximum absolute atomic E-state index is 13.0. The minimum Gasteiger partial charge on any atom is -0.381 e. The first-order valence-corrected chi connectivity index (χ1v) is 9.72. The molecule has 2 amide bonds. The van der Waals surface area contributed by atoms with Crippen LogP contribution in [0.4, 0.5) is 0 Å². The third kappa shape index (κ3) is 3.98. The molecular weight excluding hydrogens is 328 g/mol. The maximum atomic E-state index is 13.0. The molecule has 2 aliphatic rings. The average Bonchev–Trinajstić information content (AvgIpc) is 3.26. The van der Waals surface area contributed by atoms with Crippen molar-refractivity contribution in [3.05, 3.63) is 41.6 Å². The van der Waals surface area contributed by atoms with Crippen molar-refractivity contribution in [2.75, 3.05) is 32.8 Å². The van der Waals surface area contributed by atoms with E-state index in [1.165, 1.54) is 4.90 Å². The van der Waals surface area contributed by atoms with Crippen LogP contribution in [0.2, 0.25) is 0 Å². The van der Waals surface area contributed by atoms with E-state index in [0.29, 0.717) is 30.8 Å². The quantitative estimate of drug-likeness (QED) is 0.504. The Kier molecular flexibility index (Phi) is 6.45. The van der Waals surface area contributed by atoms with E-state index in [2.05, 4.69) is 11.8 Å². The van der Waals surface area contributed by atoms with Gasteiger partial charge < -0.3 is 9.64 Å². The van der Waals surface area contributed by atoms with E-state index in [-0.39, 0.29) is 11.8 Å². The fourth-order valence-corrected chi connectivity index (χ4v) is 3.54. The molecule has 0 saturated carbocycles. The van der Waals surface area contributed by atoms with Crippen LogP contribution >= 0.6 is 0 Å². The van der Waals surface area contributed by atoms with E-state index < -0.39 is 0 Å². The number of ether oxygens (including phenoxy) is 1. The first-order valence-electron chi connectivity index (χ1n) is 9.72. The second kappa shape index (κ2) is 8.99. The molecule has 0 atom stereocenters. The summed E-state index contributed by atoms with van der Waals surface area (Å²) in [5, 5.41) is 0. The number of likely N-dealkylation sites (tertiary alicyclic amines) is 1. The van der Waals surface area contributed by atoms with Gasteiger partial charge in [0, 0.05) is 32.8 Å². The van der Waals surface area contributed by atoms with Gasteiger partial charge in [-0.05, 0) is 31.2 Å². The van der Waals surface area contributed by atoms with E-state index in [9.17, 15) is 9.59 Å². The molecule has 0 spiro atoms. The first kappa shape index (κ1) is 18.6. The van der Waals surface area contributed by atoms with Gasteiger partial charge in [-0.25, -0.2) is 0 Å². The Labute approximate surface area is 155 Å². The van der Waals surface area contributed by atoms with Gasteiger partial charge in [0.2, 0.25) is 0 Å². The molecule has 1 saturated heterocycles. The normalized spacial score (nSPS) is 17.7. The van der Waals surface area contributed by atoms with Gasteiger partial charge in [0.15, 0.2) is 0 Å². The summed E-state index contributed by atoms with van der Waals surface area (Å²) in [5.41, 5.74) is 1.98. The topological polar surface area (TPSA) is 49.9 Å². The third-order valence-corrected chi connectivity index (χ3v) is 4.94. The van der Waals surface area contributed by atoms with Gasteiger partial charge in [-0.2, -0.15) is 0 Å². The van der Waals surface area contributed by atoms with Crippen molar-refractivity contribution in [1.29, 1.82) is 0 Å². The number of unbranched alkanes of at least 4 members (excludes halogenated alkanes) is 1. The molecule has 1 aromatic rings. The van der Waals surface area contributed by atoms with Gasteiger partial charge in [-0.1, -0.05) is 43.7 Å². The van der Waals surface area contributed by atoms with Crippen LogP contribution in [-0.4, -0.2) is 54.5 Å². The van der Waals surface area contributed by atoms with Crippen LogP contribution < -0.4 is 0 Å². The highest BCUT2D eigenvalue weighted by Gasteiger charge is 2.41. The fraction of sp³-hybridized carbons (Fsp3) is 0.524. The minimum absolute atomic E-state index is 0.149. The van der Waals surface area contributed by atoms with Crippen LogP contribution in [0.25, 0.3) is 5.57 Å². The number of carbonyl (C=O) groups excluding carboxylic acids is 2. The Hall–Kier alpha value is -2.14. The van der Waals surface area contributed by atoms with Gasteiger partial charge in [-0.3, -0.25) is 14.5 Å². The number of imide groups is 1. The second-order valence-corrected chi connectivity index (χ2v) is 6.87. The molecule has 140 valence electrons. The summed E-state index contributed by atoms with van der Waals surface area (Å²) in [7, 11) is 0. The second-order valence-electron chi connectivity index (χ2n) is 6.87. The highest BCUT2D eigenvalue weighted by atomic mass is 16.5. The summed E-state index contributed by atoms with van der Waals surface area (Å²) in [6.07, 6.45) is 4.96. The largest absolute Gasteiger partial charge is 0.381 e. The average molecular weight is 356 g/mol. The number of amides is 2. The van der Waals surface area contributed by atoms with Crippen molar-refractivity contribution in [1.82, 2.24) is 9.80 Å². The standard InChI is InChI=1S/C21H28N2O3/c1-2-3-15-26-16-9-14-23-20(24)18(17-10-5-4-6-11-17)19(21(23)25)22-12-7-8-13-22/h4-6,10-11H,2-3,7-9,12-16H2,1H3. The van der Waals surface area contributed by atoms with Crippen molar-refractivity contribution in [2.45, 2.75) is 39.0 Å². The van der Waals surface area contributed by atoms with Crippen molar-refractivity contribution in [2.24, 2.45) is 0 Å². The lowest BCUT2D eigenvalue weighted by Crippen LogP contribution is -2.35. The Bertz CT molecular complexity index is 663. The maximum Gasteiger partial charge on any atom is 0.277 e. The fourth-order valence-electron chi connectivity index (χ4n) is 3.54. The summed E-state index contributed by atoms with van der Waals surface area (Å²) in [6, 6.07) is 9.56. The van der Waals surface area contributed by atoms with E-state index in [1.54, 1.807) is 0 Å². The van der Waals surface area contributed by atoms with Gasteiger partial charge in [0.25, 0.3) is 11.8 Å². The summed E-state index contributed by atoms with van der Waals surface area (Å²) in [4.78, 5) is 29.5. The predicted molar refractivity (Wildman–Crippen MR) is 101 cm³/mol. The molecule has 0 bridgehead atoms. The molecule has 5 nitrogen and oxygen atoms in total. The van der Waals surface area contributed by atoms with Crippen molar-refractivity contribution in [3.8, 4) is 0 Å². The molecule has 0 unspecified atom stereocenters. The Morgan fingerprint density at radius 3 is 2.35 bits per heavy atom. The molecular formula is C21H28N2O3. The molecule has 3 rings (SSSR count). The van der Waals surface area contributed by atoms with Gasteiger partial charge in [0.1, 0.15) is 5.70 Å². The number of nitrogens with zero attached hydrogens (tertiary/aromatic N) is 2. The Morgan fingerprint density at radius 2 is 1.65 bits per heavy atom. The molecule has 2 aliphatic heterocycles. The molecule has 2 heterocycles. The van der Waals surface area contributed by atoms with Crippen LogP contribution in [0.5, 0.6) is 0 Å². The number of hydrogen-bond donors (Lipinski definition) is 0. The van der Waals surface area contributed by atoms with Crippen molar-refractivity contribution >= 4 is 17.4 Å². The summed E-state index contributed by atoms with van der Waals surface area (Å²) in [5.74, 6) is -0.319. The summed E-state index contributed by atoms with van der Waals surface area (Å²) < 4.78 is 5.57. The van der Waals surface area contributed by atoms with Crippen LogP contribution in [0, 0.1) is 0 Å². The van der Waals surface area contributed by atoms with Crippen molar-refractivity contribution < 1.29 is 14.3 Å². The number of hydrogen-bond acceptors (Lipinski definition) is 4. The van der Waals surface area contributed by atoms with E-state index in [1.807, 2.05) is 30.3 Å².